The predicted molar refractivity (Wildman–Crippen MR) is 82.4 cm³/mol. The van der Waals surface area contributed by atoms with Crippen LogP contribution in [0.3, 0.4) is 0 Å². The fourth-order valence-corrected chi connectivity index (χ4v) is 4.41. The Morgan fingerprint density at radius 1 is 1.32 bits per heavy atom. The van der Waals surface area contributed by atoms with Gasteiger partial charge in [-0.05, 0) is 40.9 Å². The quantitative estimate of drug-likeness (QED) is 0.845. The average Bonchev–Trinajstić information content (AvgIpc) is 2.33. The van der Waals surface area contributed by atoms with Gasteiger partial charge in [-0.25, -0.2) is 8.42 Å². The first-order valence-corrected chi connectivity index (χ1v) is 8.24. The highest BCUT2D eigenvalue weighted by molar-refractivity contribution is 9.10. The van der Waals surface area contributed by atoms with Crippen LogP contribution in [0.4, 0.5) is 0 Å². The zero-order valence-corrected chi connectivity index (χ0v) is 14.0. The molecule has 4 nitrogen and oxygen atoms in total. The molecule has 1 heterocycles. The van der Waals surface area contributed by atoms with E-state index in [0.29, 0.717) is 30.4 Å². The summed E-state index contributed by atoms with van der Waals surface area (Å²) in [5, 5.41) is 0.229. The van der Waals surface area contributed by atoms with E-state index in [-0.39, 0.29) is 28.4 Å². The summed E-state index contributed by atoms with van der Waals surface area (Å²) in [5.74, 6) is 0. The molecule has 0 aliphatic carbocycles. The minimum absolute atomic E-state index is 0. The second-order valence-electron chi connectivity index (χ2n) is 4.29. The van der Waals surface area contributed by atoms with Gasteiger partial charge in [-0.15, -0.1) is 12.4 Å². The van der Waals surface area contributed by atoms with Crippen molar-refractivity contribution < 1.29 is 8.42 Å². The lowest BCUT2D eigenvalue weighted by atomic mass is 10.1. The third kappa shape index (κ3) is 3.62. The van der Waals surface area contributed by atoms with Gasteiger partial charge in [0.25, 0.3) is 0 Å². The van der Waals surface area contributed by atoms with Crippen LogP contribution in [0.2, 0.25) is 5.02 Å². The van der Waals surface area contributed by atoms with Crippen molar-refractivity contribution in [1.29, 1.82) is 0 Å². The van der Waals surface area contributed by atoms with Crippen molar-refractivity contribution in [2.45, 2.75) is 23.8 Å². The van der Waals surface area contributed by atoms with E-state index in [0.717, 1.165) is 0 Å². The van der Waals surface area contributed by atoms with E-state index in [4.69, 9.17) is 17.3 Å². The van der Waals surface area contributed by atoms with E-state index >= 15 is 0 Å². The fourth-order valence-electron chi connectivity index (χ4n) is 1.94. The molecule has 0 aromatic heterocycles. The number of nitrogens with two attached hydrogens (primary N) is 1. The standard InChI is InChI=1S/C11H14BrClN2O2S.ClH/c12-9-2-1-3-10(11(9)13)18(16,17)15-6-4-8(14)5-7-15;/h1-3,8H,4-7,14H2;1H. The largest absolute Gasteiger partial charge is 0.328 e. The number of hydrogen-bond acceptors (Lipinski definition) is 3. The molecule has 0 radical (unpaired) electrons. The minimum atomic E-state index is -3.52. The van der Waals surface area contributed by atoms with Crippen LogP contribution >= 0.6 is 39.9 Å². The van der Waals surface area contributed by atoms with E-state index in [1.165, 1.54) is 10.4 Å². The third-order valence-electron chi connectivity index (χ3n) is 3.03. The van der Waals surface area contributed by atoms with Gasteiger partial charge in [0, 0.05) is 23.6 Å². The lowest BCUT2D eigenvalue weighted by Crippen LogP contribution is -2.42. The van der Waals surface area contributed by atoms with E-state index < -0.39 is 10.0 Å². The number of rotatable bonds is 2. The van der Waals surface area contributed by atoms with Crippen molar-refractivity contribution in [2.24, 2.45) is 5.73 Å². The van der Waals surface area contributed by atoms with Crippen LogP contribution in [0.5, 0.6) is 0 Å². The number of hydrogen-bond donors (Lipinski definition) is 1. The highest BCUT2D eigenvalue weighted by Crippen LogP contribution is 2.31. The summed E-state index contributed by atoms with van der Waals surface area (Å²) < 4.78 is 26.9. The monoisotopic (exact) mass is 388 g/mol. The van der Waals surface area contributed by atoms with E-state index in [2.05, 4.69) is 15.9 Å². The zero-order valence-electron chi connectivity index (χ0n) is 10.1. The van der Waals surface area contributed by atoms with Crippen LogP contribution in [0, 0.1) is 0 Å². The number of benzene rings is 1. The van der Waals surface area contributed by atoms with Crippen LogP contribution in [-0.4, -0.2) is 31.9 Å². The van der Waals surface area contributed by atoms with Crippen LogP contribution in [-0.2, 0) is 10.0 Å². The molecule has 19 heavy (non-hydrogen) atoms. The molecule has 1 aromatic carbocycles. The summed E-state index contributed by atoms with van der Waals surface area (Å²) >= 11 is 9.29. The first kappa shape index (κ1) is 17.2. The van der Waals surface area contributed by atoms with Gasteiger partial charge in [0.1, 0.15) is 4.90 Å². The maximum atomic E-state index is 12.4. The molecule has 2 rings (SSSR count). The Kier molecular flexibility index (Phi) is 6.10. The molecule has 0 unspecified atom stereocenters. The van der Waals surface area contributed by atoms with Crippen molar-refractivity contribution in [3.05, 3.63) is 27.7 Å². The summed E-state index contributed by atoms with van der Waals surface area (Å²) in [6.45, 7) is 0.901. The average molecular weight is 390 g/mol. The van der Waals surface area contributed by atoms with Gasteiger partial charge in [0.2, 0.25) is 10.0 Å². The topological polar surface area (TPSA) is 63.4 Å². The SMILES string of the molecule is Cl.NC1CCN(S(=O)(=O)c2cccc(Br)c2Cl)CC1. The van der Waals surface area contributed by atoms with Gasteiger partial charge >= 0.3 is 0 Å². The maximum absolute atomic E-state index is 12.4. The Labute approximate surface area is 132 Å². The van der Waals surface area contributed by atoms with Crippen molar-refractivity contribution in [3.63, 3.8) is 0 Å². The number of sulfonamides is 1. The third-order valence-corrected chi connectivity index (χ3v) is 6.38. The number of nitrogens with zero attached hydrogens (tertiary/aromatic N) is 1. The summed E-state index contributed by atoms with van der Waals surface area (Å²) in [6, 6.07) is 5.00. The molecule has 1 aliphatic rings. The normalized spacial score (nSPS) is 18.1. The molecule has 0 amide bonds. The van der Waals surface area contributed by atoms with Gasteiger partial charge in [-0.3, -0.25) is 0 Å². The Bertz CT molecular complexity index is 546. The molecule has 0 spiro atoms. The molecular formula is C11H15BrCl2N2O2S. The highest BCUT2D eigenvalue weighted by Gasteiger charge is 2.30. The lowest BCUT2D eigenvalue weighted by Gasteiger charge is -2.29. The van der Waals surface area contributed by atoms with Crippen LogP contribution in [0.25, 0.3) is 0 Å². The van der Waals surface area contributed by atoms with Crippen molar-refractivity contribution >= 4 is 50.0 Å². The van der Waals surface area contributed by atoms with Gasteiger partial charge in [-0.1, -0.05) is 17.7 Å². The summed E-state index contributed by atoms with van der Waals surface area (Å²) in [6.07, 6.45) is 1.37. The molecule has 108 valence electrons. The van der Waals surface area contributed by atoms with Gasteiger partial charge in [0.15, 0.2) is 0 Å². The Hall–Kier alpha value is 0.150. The molecule has 1 aliphatic heterocycles. The Morgan fingerprint density at radius 3 is 2.47 bits per heavy atom. The fraction of sp³-hybridized carbons (Fsp3) is 0.455. The second-order valence-corrected chi connectivity index (χ2v) is 7.43. The molecule has 2 N–H and O–H groups in total. The Morgan fingerprint density at radius 2 is 1.89 bits per heavy atom. The van der Waals surface area contributed by atoms with E-state index in [1.54, 1.807) is 12.1 Å². The van der Waals surface area contributed by atoms with Crippen LogP contribution < -0.4 is 5.73 Å². The predicted octanol–water partition coefficient (Wildman–Crippen LogP) is 2.64. The van der Waals surface area contributed by atoms with Crippen molar-refractivity contribution in [2.75, 3.05) is 13.1 Å². The second kappa shape index (κ2) is 6.74. The number of piperidine rings is 1. The summed E-state index contributed by atoms with van der Waals surface area (Å²) in [7, 11) is -3.52. The molecule has 8 heteroatoms. The molecular weight excluding hydrogens is 375 g/mol. The van der Waals surface area contributed by atoms with Gasteiger partial charge in [-0.2, -0.15) is 4.31 Å². The summed E-state index contributed by atoms with van der Waals surface area (Å²) in [5.41, 5.74) is 5.78. The van der Waals surface area contributed by atoms with Crippen LogP contribution in [0.1, 0.15) is 12.8 Å². The summed E-state index contributed by atoms with van der Waals surface area (Å²) in [4.78, 5) is 0.147. The maximum Gasteiger partial charge on any atom is 0.244 e. The first-order valence-electron chi connectivity index (χ1n) is 5.62. The zero-order chi connectivity index (χ0) is 13.3. The molecule has 1 saturated heterocycles. The van der Waals surface area contributed by atoms with Crippen molar-refractivity contribution in [3.8, 4) is 0 Å². The van der Waals surface area contributed by atoms with E-state index in [9.17, 15) is 8.42 Å². The Balaban J connectivity index is 0.00000180. The van der Waals surface area contributed by atoms with E-state index in [1.807, 2.05) is 0 Å². The highest BCUT2D eigenvalue weighted by atomic mass is 79.9. The van der Waals surface area contributed by atoms with Crippen molar-refractivity contribution in [1.82, 2.24) is 4.31 Å². The van der Waals surface area contributed by atoms with Gasteiger partial charge in [0.05, 0.1) is 5.02 Å². The minimum Gasteiger partial charge on any atom is -0.328 e. The molecule has 1 fully saturated rings. The number of halogens is 3. The van der Waals surface area contributed by atoms with Gasteiger partial charge < -0.3 is 5.73 Å². The molecule has 0 bridgehead atoms. The first-order chi connectivity index (χ1) is 8.43. The smallest absolute Gasteiger partial charge is 0.244 e. The molecule has 1 aromatic rings. The molecule has 0 atom stereocenters. The lowest BCUT2D eigenvalue weighted by molar-refractivity contribution is 0.320. The van der Waals surface area contributed by atoms with Crippen LogP contribution in [0.15, 0.2) is 27.6 Å². The molecule has 0 saturated carbocycles.